The Morgan fingerprint density at radius 2 is 1.86 bits per heavy atom. The number of hydrogen-bond acceptors (Lipinski definition) is 6. The highest BCUT2D eigenvalue weighted by atomic mass is 32.2. The molecule has 29 heavy (non-hydrogen) atoms. The summed E-state index contributed by atoms with van der Waals surface area (Å²) in [5.41, 5.74) is -0.0961. The van der Waals surface area contributed by atoms with Crippen LogP contribution < -0.4 is 15.4 Å². The Bertz CT molecular complexity index is 854. The van der Waals surface area contributed by atoms with Crippen LogP contribution in [0.5, 0.6) is 5.75 Å². The number of nitrogens with one attached hydrogen (secondary N) is 2. The van der Waals surface area contributed by atoms with Gasteiger partial charge in [0.05, 0.1) is 26.9 Å². The quantitative estimate of drug-likeness (QED) is 0.624. The van der Waals surface area contributed by atoms with Crippen LogP contribution in [0, 0.1) is 0 Å². The number of halogens is 3. The average molecular weight is 439 g/mol. The molecule has 13 heteroatoms. The van der Waals surface area contributed by atoms with Gasteiger partial charge in [0.2, 0.25) is 15.9 Å². The predicted molar refractivity (Wildman–Crippen MR) is 94.0 cm³/mol. The summed E-state index contributed by atoms with van der Waals surface area (Å²) in [5, 5.41) is 3.76. The number of hydrogen-bond donors (Lipinski definition) is 2. The number of alkyl halides is 3. The van der Waals surface area contributed by atoms with Gasteiger partial charge in [-0.3, -0.25) is 9.59 Å². The summed E-state index contributed by atoms with van der Waals surface area (Å²) in [5.74, 6) is -1.84. The van der Waals surface area contributed by atoms with Crippen molar-refractivity contribution in [2.75, 3.05) is 46.5 Å². The summed E-state index contributed by atoms with van der Waals surface area (Å²) in [7, 11) is -2.70. The molecule has 0 radical (unpaired) electrons. The molecule has 1 aliphatic rings. The fourth-order valence-corrected chi connectivity index (χ4v) is 4.06. The molecular formula is C16H20F3N3O6S. The maximum Gasteiger partial charge on any atom is 0.405 e. The maximum absolute atomic E-state index is 12.9. The molecule has 1 aromatic rings. The Labute approximate surface area is 165 Å². The molecule has 1 saturated heterocycles. The summed E-state index contributed by atoms with van der Waals surface area (Å²) in [6, 6.07) is 3.65. The lowest BCUT2D eigenvalue weighted by Gasteiger charge is -2.26. The van der Waals surface area contributed by atoms with Crippen LogP contribution >= 0.6 is 0 Å². The highest BCUT2D eigenvalue weighted by Crippen LogP contribution is 2.28. The number of carbonyl (C=O) groups excluding carboxylic acids is 2. The van der Waals surface area contributed by atoms with E-state index in [-0.39, 0.29) is 42.5 Å². The van der Waals surface area contributed by atoms with E-state index in [0.717, 1.165) is 6.07 Å². The van der Waals surface area contributed by atoms with Gasteiger partial charge in [-0.15, -0.1) is 0 Å². The van der Waals surface area contributed by atoms with Gasteiger partial charge in [-0.05, 0) is 18.2 Å². The van der Waals surface area contributed by atoms with Gasteiger partial charge in [-0.25, -0.2) is 8.42 Å². The Morgan fingerprint density at radius 1 is 1.21 bits per heavy atom. The third-order valence-corrected chi connectivity index (χ3v) is 5.83. The van der Waals surface area contributed by atoms with Crippen LogP contribution in [0.15, 0.2) is 23.1 Å². The van der Waals surface area contributed by atoms with E-state index in [9.17, 15) is 31.2 Å². The summed E-state index contributed by atoms with van der Waals surface area (Å²) >= 11 is 0. The van der Waals surface area contributed by atoms with Crippen molar-refractivity contribution in [1.82, 2.24) is 14.9 Å². The molecule has 1 aliphatic heterocycles. The minimum Gasteiger partial charge on any atom is -0.495 e. The van der Waals surface area contributed by atoms with Crippen LogP contribution in [0.3, 0.4) is 0 Å². The van der Waals surface area contributed by atoms with Crippen molar-refractivity contribution in [3.8, 4) is 5.75 Å². The summed E-state index contributed by atoms with van der Waals surface area (Å²) in [4.78, 5) is 23.4. The van der Waals surface area contributed by atoms with Gasteiger partial charge >= 0.3 is 6.18 Å². The number of carbonyl (C=O) groups is 2. The SMILES string of the molecule is COc1ccc(C(=O)NCC(=O)NCC(F)(F)F)cc1S(=O)(=O)N1CCOCC1. The van der Waals surface area contributed by atoms with Crippen molar-refractivity contribution in [1.29, 1.82) is 0 Å². The number of sulfonamides is 1. The molecule has 1 heterocycles. The summed E-state index contributed by atoms with van der Waals surface area (Å²) in [6.07, 6.45) is -4.57. The van der Waals surface area contributed by atoms with Crippen molar-refractivity contribution in [2.45, 2.75) is 11.1 Å². The molecule has 0 unspecified atom stereocenters. The maximum atomic E-state index is 12.9. The normalized spacial score (nSPS) is 15.6. The van der Waals surface area contributed by atoms with E-state index in [2.05, 4.69) is 5.32 Å². The van der Waals surface area contributed by atoms with Crippen molar-refractivity contribution in [2.24, 2.45) is 0 Å². The molecule has 0 bridgehead atoms. The van der Waals surface area contributed by atoms with Crippen LogP contribution in [-0.4, -0.2) is 77.2 Å². The lowest BCUT2D eigenvalue weighted by molar-refractivity contribution is -0.137. The lowest BCUT2D eigenvalue weighted by atomic mass is 10.2. The first kappa shape index (κ1) is 22.9. The monoisotopic (exact) mass is 439 g/mol. The first-order chi connectivity index (χ1) is 13.5. The fraction of sp³-hybridized carbons (Fsp3) is 0.500. The van der Waals surface area contributed by atoms with Crippen molar-refractivity contribution < 1.29 is 40.7 Å². The van der Waals surface area contributed by atoms with Gasteiger partial charge in [-0.2, -0.15) is 17.5 Å². The Balaban J connectivity index is 2.13. The van der Waals surface area contributed by atoms with E-state index in [0.29, 0.717) is 0 Å². The zero-order valence-electron chi connectivity index (χ0n) is 15.4. The van der Waals surface area contributed by atoms with E-state index in [1.807, 2.05) is 0 Å². The highest BCUT2D eigenvalue weighted by Gasteiger charge is 2.30. The topological polar surface area (TPSA) is 114 Å². The van der Waals surface area contributed by atoms with E-state index in [1.165, 1.54) is 23.5 Å². The molecule has 0 aliphatic carbocycles. The van der Waals surface area contributed by atoms with Crippen LogP contribution in [-0.2, 0) is 19.6 Å². The average Bonchev–Trinajstić information content (AvgIpc) is 2.70. The first-order valence-electron chi connectivity index (χ1n) is 8.42. The molecule has 2 amide bonds. The number of nitrogens with zero attached hydrogens (tertiary/aromatic N) is 1. The van der Waals surface area contributed by atoms with E-state index in [4.69, 9.17) is 9.47 Å². The molecule has 0 aromatic heterocycles. The molecule has 0 atom stereocenters. The molecule has 1 fully saturated rings. The summed E-state index contributed by atoms with van der Waals surface area (Å²) < 4.78 is 73.4. The minimum absolute atomic E-state index is 0.0240. The second kappa shape index (κ2) is 9.41. The number of methoxy groups -OCH3 is 1. The Hall–Kier alpha value is -2.38. The second-order valence-electron chi connectivity index (χ2n) is 5.96. The van der Waals surface area contributed by atoms with Crippen LogP contribution in [0.25, 0.3) is 0 Å². The van der Waals surface area contributed by atoms with E-state index in [1.54, 1.807) is 5.32 Å². The zero-order chi connectivity index (χ0) is 21.7. The predicted octanol–water partition coefficient (Wildman–Crippen LogP) is 0.124. The molecule has 2 N–H and O–H groups in total. The molecular weight excluding hydrogens is 419 g/mol. The number of benzene rings is 1. The lowest BCUT2D eigenvalue weighted by Crippen LogP contribution is -2.41. The fourth-order valence-electron chi connectivity index (χ4n) is 2.47. The molecule has 1 aromatic carbocycles. The van der Waals surface area contributed by atoms with E-state index >= 15 is 0 Å². The minimum atomic E-state index is -4.57. The van der Waals surface area contributed by atoms with Crippen molar-refractivity contribution >= 4 is 21.8 Å². The van der Waals surface area contributed by atoms with Crippen molar-refractivity contribution in [3.05, 3.63) is 23.8 Å². The van der Waals surface area contributed by atoms with Gasteiger partial charge in [-0.1, -0.05) is 0 Å². The standard InChI is InChI=1S/C16H20F3N3O6S/c1-27-12-3-2-11(15(24)20-9-14(23)21-10-16(17,18)19)8-13(12)29(25,26)22-4-6-28-7-5-22/h2-3,8H,4-7,9-10H2,1H3,(H,20,24)(H,21,23). The largest absolute Gasteiger partial charge is 0.495 e. The number of morpholine rings is 1. The van der Waals surface area contributed by atoms with Gasteiger partial charge in [0.25, 0.3) is 5.91 Å². The number of amides is 2. The van der Waals surface area contributed by atoms with Crippen molar-refractivity contribution in [3.63, 3.8) is 0 Å². The Morgan fingerprint density at radius 3 is 2.45 bits per heavy atom. The number of ether oxygens (including phenoxy) is 2. The van der Waals surface area contributed by atoms with Crippen LogP contribution in [0.4, 0.5) is 13.2 Å². The van der Waals surface area contributed by atoms with Gasteiger partial charge in [0.1, 0.15) is 17.2 Å². The van der Waals surface area contributed by atoms with E-state index < -0.39 is 41.1 Å². The summed E-state index contributed by atoms with van der Waals surface area (Å²) in [6.45, 7) is -1.48. The molecule has 162 valence electrons. The Kier molecular flexibility index (Phi) is 7.43. The van der Waals surface area contributed by atoms with Crippen LogP contribution in [0.2, 0.25) is 0 Å². The van der Waals surface area contributed by atoms with Crippen LogP contribution in [0.1, 0.15) is 10.4 Å². The molecule has 2 rings (SSSR count). The zero-order valence-corrected chi connectivity index (χ0v) is 16.2. The molecule has 0 saturated carbocycles. The third-order valence-electron chi connectivity index (χ3n) is 3.91. The second-order valence-corrected chi connectivity index (χ2v) is 7.86. The van der Waals surface area contributed by atoms with Gasteiger partial charge in [0.15, 0.2) is 0 Å². The van der Waals surface area contributed by atoms with Gasteiger partial charge in [0, 0.05) is 18.7 Å². The third kappa shape index (κ3) is 6.30. The molecule has 0 spiro atoms. The van der Waals surface area contributed by atoms with Gasteiger partial charge < -0.3 is 20.1 Å². The highest BCUT2D eigenvalue weighted by molar-refractivity contribution is 7.89. The molecule has 9 nitrogen and oxygen atoms in total. The number of rotatable bonds is 7. The smallest absolute Gasteiger partial charge is 0.405 e. The first-order valence-corrected chi connectivity index (χ1v) is 9.86.